The average Bonchev–Trinajstić information content (AvgIpc) is 2.36. The molecular weight excluding hydrogens is 269 g/mol. The standard InChI is InChI=1S/C13H9Cl2N3/c1-8-4-2-3-5-11(8)18-13-12(15)9(6-16)10(14)7-17-13/h2-5,7H,1H3,(H,17,18). The molecule has 0 aliphatic heterocycles. The van der Waals surface area contributed by atoms with Crippen molar-refractivity contribution < 1.29 is 0 Å². The Kier molecular flexibility index (Phi) is 3.71. The second-order valence-corrected chi connectivity index (χ2v) is 4.48. The highest BCUT2D eigenvalue weighted by Crippen LogP contribution is 2.31. The summed E-state index contributed by atoms with van der Waals surface area (Å²) in [6, 6.07) is 9.69. The second kappa shape index (κ2) is 5.26. The number of halogens is 2. The number of nitrogens with one attached hydrogen (secondary N) is 1. The normalized spacial score (nSPS) is 9.89. The van der Waals surface area contributed by atoms with Gasteiger partial charge in [0.1, 0.15) is 11.1 Å². The molecule has 2 aromatic rings. The highest BCUT2D eigenvalue weighted by molar-refractivity contribution is 6.38. The van der Waals surface area contributed by atoms with Crippen molar-refractivity contribution in [2.45, 2.75) is 6.92 Å². The van der Waals surface area contributed by atoms with E-state index in [2.05, 4.69) is 10.3 Å². The van der Waals surface area contributed by atoms with E-state index < -0.39 is 0 Å². The zero-order valence-corrected chi connectivity index (χ0v) is 11.0. The van der Waals surface area contributed by atoms with Crippen molar-refractivity contribution in [2.24, 2.45) is 0 Å². The molecule has 0 aliphatic rings. The van der Waals surface area contributed by atoms with Crippen molar-refractivity contribution in [3.05, 3.63) is 51.6 Å². The summed E-state index contributed by atoms with van der Waals surface area (Å²) in [5.41, 5.74) is 2.17. The number of rotatable bonds is 2. The number of aromatic nitrogens is 1. The first kappa shape index (κ1) is 12.7. The highest BCUT2D eigenvalue weighted by Gasteiger charge is 2.12. The van der Waals surface area contributed by atoms with E-state index in [0.717, 1.165) is 11.3 Å². The van der Waals surface area contributed by atoms with Gasteiger partial charge in [-0.1, -0.05) is 41.4 Å². The number of aryl methyl sites for hydroxylation is 1. The molecular formula is C13H9Cl2N3. The summed E-state index contributed by atoms with van der Waals surface area (Å²) in [5, 5.41) is 12.5. The third kappa shape index (κ3) is 2.40. The fourth-order valence-electron chi connectivity index (χ4n) is 1.50. The molecule has 18 heavy (non-hydrogen) atoms. The van der Waals surface area contributed by atoms with E-state index in [1.807, 2.05) is 37.3 Å². The first-order chi connectivity index (χ1) is 8.63. The Balaban J connectivity index is 2.43. The summed E-state index contributed by atoms with van der Waals surface area (Å²) in [6.45, 7) is 1.97. The molecule has 0 bridgehead atoms. The maximum atomic E-state index is 8.97. The van der Waals surface area contributed by atoms with Gasteiger partial charge in [-0.3, -0.25) is 0 Å². The van der Waals surface area contributed by atoms with Crippen LogP contribution < -0.4 is 5.32 Å². The zero-order valence-electron chi connectivity index (χ0n) is 9.54. The van der Waals surface area contributed by atoms with Gasteiger partial charge in [0.15, 0.2) is 5.82 Å². The number of para-hydroxylation sites is 1. The van der Waals surface area contributed by atoms with Crippen LogP contribution >= 0.6 is 23.2 Å². The fourth-order valence-corrected chi connectivity index (χ4v) is 1.97. The molecule has 1 aromatic heterocycles. The van der Waals surface area contributed by atoms with Gasteiger partial charge in [-0.05, 0) is 18.6 Å². The van der Waals surface area contributed by atoms with Gasteiger partial charge in [0, 0.05) is 11.9 Å². The Hall–Kier alpha value is -1.76. The van der Waals surface area contributed by atoms with E-state index in [4.69, 9.17) is 28.5 Å². The predicted molar refractivity (Wildman–Crippen MR) is 73.4 cm³/mol. The van der Waals surface area contributed by atoms with Gasteiger partial charge in [0.05, 0.1) is 10.6 Å². The quantitative estimate of drug-likeness (QED) is 0.890. The third-order valence-electron chi connectivity index (χ3n) is 2.48. The number of anilines is 2. The summed E-state index contributed by atoms with van der Waals surface area (Å²) in [7, 11) is 0. The van der Waals surface area contributed by atoms with Crippen LogP contribution in [-0.2, 0) is 0 Å². The maximum Gasteiger partial charge on any atom is 0.150 e. The lowest BCUT2D eigenvalue weighted by molar-refractivity contribution is 1.28. The minimum Gasteiger partial charge on any atom is -0.339 e. The first-order valence-corrected chi connectivity index (χ1v) is 5.96. The van der Waals surface area contributed by atoms with Gasteiger partial charge < -0.3 is 5.32 Å². The molecule has 0 spiro atoms. The van der Waals surface area contributed by atoms with E-state index in [0.29, 0.717) is 5.82 Å². The molecule has 3 nitrogen and oxygen atoms in total. The monoisotopic (exact) mass is 277 g/mol. The van der Waals surface area contributed by atoms with Crippen LogP contribution in [-0.4, -0.2) is 4.98 Å². The molecule has 1 N–H and O–H groups in total. The van der Waals surface area contributed by atoms with Crippen LogP contribution in [0.3, 0.4) is 0 Å². The lowest BCUT2D eigenvalue weighted by atomic mass is 10.2. The Morgan fingerprint density at radius 2 is 2.00 bits per heavy atom. The third-order valence-corrected chi connectivity index (χ3v) is 3.14. The lowest BCUT2D eigenvalue weighted by Crippen LogP contribution is -1.98. The molecule has 0 unspecified atom stereocenters. The zero-order chi connectivity index (χ0) is 13.1. The molecule has 90 valence electrons. The number of nitriles is 1. The Morgan fingerprint density at radius 3 is 2.67 bits per heavy atom. The topological polar surface area (TPSA) is 48.7 Å². The van der Waals surface area contributed by atoms with Gasteiger partial charge in [-0.2, -0.15) is 5.26 Å². The highest BCUT2D eigenvalue weighted by atomic mass is 35.5. The predicted octanol–water partition coefficient (Wildman–Crippen LogP) is 4.31. The molecule has 0 atom stereocenters. The maximum absolute atomic E-state index is 8.97. The van der Waals surface area contributed by atoms with Crippen LogP contribution in [0.15, 0.2) is 30.5 Å². The molecule has 1 heterocycles. The number of hydrogen-bond donors (Lipinski definition) is 1. The van der Waals surface area contributed by atoms with Gasteiger partial charge in [0.2, 0.25) is 0 Å². The van der Waals surface area contributed by atoms with E-state index in [-0.39, 0.29) is 15.6 Å². The largest absolute Gasteiger partial charge is 0.339 e. The molecule has 0 radical (unpaired) electrons. The van der Waals surface area contributed by atoms with Crippen LogP contribution in [0.4, 0.5) is 11.5 Å². The number of nitrogens with zero attached hydrogens (tertiary/aromatic N) is 2. The summed E-state index contributed by atoms with van der Waals surface area (Å²) in [4.78, 5) is 4.10. The van der Waals surface area contributed by atoms with Gasteiger partial charge in [-0.15, -0.1) is 0 Å². The Labute approximate surface area is 115 Å². The van der Waals surface area contributed by atoms with Crippen LogP contribution in [0.25, 0.3) is 0 Å². The molecule has 5 heteroatoms. The molecule has 0 saturated carbocycles. The number of pyridine rings is 1. The average molecular weight is 278 g/mol. The number of benzene rings is 1. The minimum absolute atomic E-state index is 0.226. The van der Waals surface area contributed by atoms with Gasteiger partial charge in [-0.25, -0.2) is 4.98 Å². The molecule has 0 amide bonds. The van der Waals surface area contributed by atoms with Crippen molar-refractivity contribution in [2.75, 3.05) is 5.32 Å². The first-order valence-electron chi connectivity index (χ1n) is 5.20. The van der Waals surface area contributed by atoms with Gasteiger partial charge >= 0.3 is 0 Å². The molecule has 1 aromatic carbocycles. The van der Waals surface area contributed by atoms with Crippen molar-refractivity contribution in [3.8, 4) is 6.07 Å². The van der Waals surface area contributed by atoms with Crippen molar-refractivity contribution >= 4 is 34.7 Å². The van der Waals surface area contributed by atoms with Gasteiger partial charge in [0.25, 0.3) is 0 Å². The second-order valence-electron chi connectivity index (χ2n) is 3.70. The summed E-state index contributed by atoms with van der Waals surface area (Å²) in [6.07, 6.45) is 1.41. The van der Waals surface area contributed by atoms with Crippen molar-refractivity contribution in [3.63, 3.8) is 0 Å². The van der Waals surface area contributed by atoms with Crippen molar-refractivity contribution in [1.82, 2.24) is 4.98 Å². The van der Waals surface area contributed by atoms with E-state index in [9.17, 15) is 0 Å². The van der Waals surface area contributed by atoms with E-state index >= 15 is 0 Å². The van der Waals surface area contributed by atoms with E-state index in [1.54, 1.807) is 0 Å². The minimum atomic E-state index is 0.226. The lowest BCUT2D eigenvalue weighted by Gasteiger charge is -2.10. The summed E-state index contributed by atoms with van der Waals surface area (Å²) in [5.74, 6) is 0.423. The molecule has 0 saturated heterocycles. The van der Waals surface area contributed by atoms with Crippen LogP contribution in [0.5, 0.6) is 0 Å². The summed E-state index contributed by atoms with van der Waals surface area (Å²) >= 11 is 11.9. The Bertz CT molecular complexity index is 633. The van der Waals surface area contributed by atoms with Crippen LogP contribution in [0, 0.1) is 18.3 Å². The van der Waals surface area contributed by atoms with Crippen molar-refractivity contribution in [1.29, 1.82) is 5.26 Å². The van der Waals surface area contributed by atoms with Crippen LogP contribution in [0.2, 0.25) is 10.0 Å². The summed E-state index contributed by atoms with van der Waals surface area (Å²) < 4.78 is 0. The molecule has 0 aliphatic carbocycles. The fraction of sp³-hybridized carbons (Fsp3) is 0.0769. The molecule has 0 fully saturated rings. The SMILES string of the molecule is Cc1ccccc1Nc1ncc(Cl)c(C#N)c1Cl. The smallest absolute Gasteiger partial charge is 0.150 e. The van der Waals surface area contributed by atoms with Crippen LogP contribution in [0.1, 0.15) is 11.1 Å². The molecule has 2 rings (SSSR count). The Morgan fingerprint density at radius 1 is 1.28 bits per heavy atom. The number of hydrogen-bond acceptors (Lipinski definition) is 3. The van der Waals surface area contributed by atoms with E-state index in [1.165, 1.54) is 6.20 Å².